The van der Waals surface area contributed by atoms with Gasteiger partial charge in [0, 0.05) is 0 Å². The van der Waals surface area contributed by atoms with Crippen molar-refractivity contribution < 1.29 is 8.83 Å². The van der Waals surface area contributed by atoms with Gasteiger partial charge in [0.1, 0.15) is 11.8 Å². The van der Waals surface area contributed by atoms with E-state index in [1.807, 2.05) is 24.3 Å². The second-order valence-electron chi connectivity index (χ2n) is 2.61. The first-order valence-corrected chi connectivity index (χ1v) is 4.57. The van der Waals surface area contributed by atoms with E-state index in [4.69, 9.17) is 16.0 Å². The standard InChI is InChI=1S/C7H4ClNO.C3H3NO/c8-7-9-5-3-1-2-4-6(5)10-7;1-2-5-3-4-1/h1-4H;1-3H. The van der Waals surface area contributed by atoms with E-state index in [1.54, 1.807) is 6.20 Å². The van der Waals surface area contributed by atoms with Crippen molar-refractivity contribution >= 4 is 22.7 Å². The average molecular weight is 223 g/mol. The summed E-state index contributed by atoms with van der Waals surface area (Å²) >= 11 is 5.51. The quantitative estimate of drug-likeness (QED) is 0.586. The molecule has 0 unspecified atom stereocenters. The molecule has 0 radical (unpaired) electrons. The number of hydrogen-bond donors (Lipinski definition) is 0. The van der Waals surface area contributed by atoms with Gasteiger partial charge < -0.3 is 8.83 Å². The molecular weight excluding hydrogens is 216 g/mol. The van der Waals surface area contributed by atoms with Gasteiger partial charge in [0.15, 0.2) is 12.0 Å². The van der Waals surface area contributed by atoms with E-state index in [2.05, 4.69) is 14.4 Å². The number of fused-ring (bicyclic) bond motifs is 1. The van der Waals surface area contributed by atoms with Crippen molar-refractivity contribution in [2.24, 2.45) is 0 Å². The second kappa shape index (κ2) is 4.61. The maximum atomic E-state index is 5.51. The van der Waals surface area contributed by atoms with Gasteiger partial charge in [-0.05, 0) is 23.7 Å². The molecule has 0 aliphatic rings. The lowest BCUT2D eigenvalue weighted by atomic mass is 10.3. The first-order chi connectivity index (χ1) is 7.36. The lowest BCUT2D eigenvalue weighted by Crippen LogP contribution is -1.62. The minimum absolute atomic E-state index is 0.196. The van der Waals surface area contributed by atoms with Crippen LogP contribution in [-0.4, -0.2) is 9.97 Å². The number of hydrogen-bond acceptors (Lipinski definition) is 4. The van der Waals surface area contributed by atoms with Crippen LogP contribution in [-0.2, 0) is 0 Å². The van der Waals surface area contributed by atoms with E-state index in [0.717, 1.165) is 11.1 Å². The maximum absolute atomic E-state index is 5.51. The number of aromatic nitrogens is 2. The van der Waals surface area contributed by atoms with Crippen LogP contribution >= 0.6 is 11.6 Å². The molecule has 0 saturated heterocycles. The molecule has 2 aromatic heterocycles. The molecule has 5 heteroatoms. The molecule has 76 valence electrons. The highest BCUT2D eigenvalue weighted by atomic mass is 35.5. The Morgan fingerprint density at radius 3 is 2.67 bits per heavy atom. The molecule has 3 aromatic rings. The third-order valence-electron chi connectivity index (χ3n) is 1.61. The number of benzene rings is 1. The van der Waals surface area contributed by atoms with Crippen LogP contribution in [0.5, 0.6) is 0 Å². The summed E-state index contributed by atoms with van der Waals surface area (Å²) in [5, 5.41) is 0.196. The van der Waals surface area contributed by atoms with Gasteiger partial charge in [-0.2, -0.15) is 4.98 Å². The highest BCUT2D eigenvalue weighted by Gasteiger charge is 1.99. The lowest BCUT2D eigenvalue weighted by molar-refractivity contribution is 0.558. The van der Waals surface area contributed by atoms with E-state index in [1.165, 1.54) is 12.7 Å². The number of halogens is 1. The van der Waals surface area contributed by atoms with Crippen LogP contribution in [0.1, 0.15) is 0 Å². The third-order valence-corrected chi connectivity index (χ3v) is 1.78. The summed E-state index contributed by atoms with van der Waals surface area (Å²) in [6.45, 7) is 0. The minimum atomic E-state index is 0.196. The summed E-state index contributed by atoms with van der Waals surface area (Å²) in [5.74, 6) is 0. The molecule has 0 atom stereocenters. The normalized spacial score (nSPS) is 9.67. The fraction of sp³-hybridized carbons (Fsp3) is 0. The predicted octanol–water partition coefficient (Wildman–Crippen LogP) is 3.16. The molecule has 0 amide bonds. The van der Waals surface area contributed by atoms with Crippen LogP contribution in [0.15, 0.2) is 52.0 Å². The molecule has 0 aliphatic heterocycles. The fourth-order valence-electron chi connectivity index (χ4n) is 1.02. The summed E-state index contributed by atoms with van der Waals surface area (Å²) in [4.78, 5) is 7.47. The molecule has 0 saturated carbocycles. The molecule has 3 rings (SSSR count). The van der Waals surface area contributed by atoms with Crippen molar-refractivity contribution in [3.05, 3.63) is 48.5 Å². The topological polar surface area (TPSA) is 52.1 Å². The maximum Gasteiger partial charge on any atom is 0.293 e. The first kappa shape index (κ1) is 9.73. The van der Waals surface area contributed by atoms with Crippen LogP contribution < -0.4 is 0 Å². The van der Waals surface area contributed by atoms with Gasteiger partial charge in [0.25, 0.3) is 5.35 Å². The van der Waals surface area contributed by atoms with Crippen molar-refractivity contribution in [2.75, 3.05) is 0 Å². The summed E-state index contributed by atoms with van der Waals surface area (Å²) in [7, 11) is 0. The zero-order valence-corrected chi connectivity index (χ0v) is 8.39. The molecule has 4 nitrogen and oxygen atoms in total. The molecule has 0 N–H and O–H groups in total. The van der Waals surface area contributed by atoms with Crippen LogP contribution in [0.2, 0.25) is 5.35 Å². The largest absolute Gasteiger partial charge is 0.452 e. The SMILES string of the molecule is Clc1nc2ccccc2o1.c1cocn1. The summed E-state index contributed by atoms with van der Waals surface area (Å²) in [6.07, 6.45) is 4.47. The predicted molar refractivity (Wildman–Crippen MR) is 55.5 cm³/mol. The smallest absolute Gasteiger partial charge is 0.293 e. The fourth-order valence-corrected chi connectivity index (χ4v) is 1.19. The van der Waals surface area contributed by atoms with Gasteiger partial charge in [-0.25, -0.2) is 4.98 Å². The molecule has 0 fully saturated rings. The van der Waals surface area contributed by atoms with E-state index in [-0.39, 0.29) is 5.35 Å². The first-order valence-electron chi connectivity index (χ1n) is 4.19. The van der Waals surface area contributed by atoms with E-state index in [9.17, 15) is 0 Å². The van der Waals surface area contributed by atoms with E-state index >= 15 is 0 Å². The van der Waals surface area contributed by atoms with Crippen LogP contribution in [0.3, 0.4) is 0 Å². The van der Waals surface area contributed by atoms with Crippen molar-refractivity contribution in [1.82, 2.24) is 9.97 Å². The Morgan fingerprint density at radius 1 is 1.20 bits per heavy atom. The van der Waals surface area contributed by atoms with Gasteiger partial charge >= 0.3 is 0 Å². The van der Waals surface area contributed by atoms with Crippen LogP contribution in [0.4, 0.5) is 0 Å². The van der Waals surface area contributed by atoms with Gasteiger partial charge in [-0.3, -0.25) is 0 Å². The van der Waals surface area contributed by atoms with Gasteiger partial charge in [-0.1, -0.05) is 12.1 Å². The van der Waals surface area contributed by atoms with E-state index < -0.39 is 0 Å². The Bertz CT molecular complexity index is 469. The Kier molecular flexibility index (Phi) is 2.99. The number of nitrogens with zero attached hydrogens (tertiary/aromatic N) is 2. The zero-order chi connectivity index (χ0) is 10.5. The summed E-state index contributed by atoms with van der Waals surface area (Å²) in [5.41, 5.74) is 1.53. The molecule has 2 heterocycles. The highest BCUT2D eigenvalue weighted by Crippen LogP contribution is 2.17. The Balaban J connectivity index is 0.000000144. The Hall–Kier alpha value is -1.81. The van der Waals surface area contributed by atoms with Crippen molar-refractivity contribution in [3.63, 3.8) is 0 Å². The molecule has 0 spiro atoms. The van der Waals surface area contributed by atoms with Gasteiger partial charge in [0.2, 0.25) is 0 Å². The number of oxazole rings is 2. The Labute approximate surface area is 90.5 Å². The molecule has 0 aliphatic carbocycles. The van der Waals surface area contributed by atoms with Crippen molar-refractivity contribution in [3.8, 4) is 0 Å². The molecule has 1 aromatic carbocycles. The summed E-state index contributed by atoms with van der Waals surface area (Å²) < 4.78 is 9.49. The van der Waals surface area contributed by atoms with Gasteiger partial charge in [0.05, 0.1) is 6.20 Å². The number of rotatable bonds is 0. The molecular formula is C10H7ClN2O2. The second-order valence-corrected chi connectivity index (χ2v) is 2.93. The molecule has 0 bridgehead atoms. The minimum Gasteiger partial charge on any atom is -0.452 e. The average Bonchev–Trinajstić information content (AvgIpc) is 2.87. The third kappa shape index (κ3) is 2.57. The number of para-hydroxylation sites is 2. The molecule has 15 heavy (non-hydrogen) atoms. The zero-order valence-electron chi connectivity index (χ0n) is 7.63. The lowest BCUT2D eigenvalue weighted by Gasteiger charge is -1.79. The highest BCUT2D eigenvalue weighted by molar-refractivity contribution is 6.28. The summed E-state index contributed by atoms with van der Waals surface area (Å²) in [6, 6.07) is 7.45. The van der Waals surface area contributed by atoms with Crippen molar-refractivity contribution in [1.29, 1.82) is 0 Å². The van der Waals surface area contributed by atoms with Gasteiger partial charge in [-0.15, -0.1) is 0 Å². The monoisotopic (exact) mass is 222 g/mol. The van der Waals surface area contributed by atoms with E-state index in [0.29, 0.717) is 0 Å². The van der Waals surface area contributed by atoms with Crippen molar-refractivity contribution in [2.45, 2.75) is 0 Å². The van der Waals surface area contributed by atoms with Crippen LogP contribution in [0.25, 0.3) is 11.1 Å². The Morgan fingerprint density at radius 2 is 2.07 bits per heavy atom. The van der Waals surface area contributed by atoms with Crippen LogP contribution in [0, 0.1) is 0 Å².